The summed E-state index contributed by atoms with van der Waals surface area (Å²) in [5.74, 6) is -0.0865. The Bertz CT molecular complexity index is 1540. The number of aromatic nitrogens is 4. The molecule has 0 unspecified atom stereocenters. The number of carbonyl (C=O) groups is 1. The number of amides is 1. The largest absolute Gasteiger partial charge is 0.343 e. The molecule has 0 spiro atoms. The molecule has 1 aliphatic rings. The van der Waals surface area contributed by atoms with Crippen LogP contribution in [0.4, 0.5) is 0 Å². The number of benzene rings is 3. The van der Waals surface area contributed by atoms with Crippen molar-refractivity contribution in [3.05, 3.63) is 113 Å². The number of rotatable bonds is 6. The first-order valence-corrected chi connectivity index (χ1v) is 11.9. The van der Waals surface area contributed by atoms with E-state index in [1.165, 1.54) is 0 Å². The van der Waals surface area contributed by atoms with Crippen molar-refractivity contribution >= 4 is 28.3 Å². The van der Waals surface area contributed by atoms with E-state index in [9.17, 15) is 4.79 Å². The number of nitrogens with zero attached hydrogens (tertiary/aromatic N) is 4. The predicted octanol–water partition coefficient (Wildman–Crippen LogP) is 5.61. The highest BCUT2D eigenvalue weighted by atomic mass is 35.5. The summed E-state index contributed by atoms with van der Waals surface area (Å²) in [5, 5.41) is 14.8. The first-order valence-electron chi connectivity index (χ1n) is 11.5. The molecule has 0 aliphatic heterocycles. The zero-order valence-corrected chi connectivity index (χ0v) is 19.6. The van der Waals surface area contributed by atoms with Crippen molar-refractivity contribution in [3.8, 4) is 11.3 Å². The predicted molar refractivity (Wildman–Crippen MR) is 136 cm³/mol. The summed E-state index contributed by atoms with van der Waals surface area (Å²) < 4.78 is 1.77. The maximum Gasteiger partial charge on any atom is 0.252 e. The molecular formula is C28H22ClN5O. The number of halogens is 1. The minimum Gasteiger partial charge on any atom is -0.343 e. The molecule has 5 aromatic rings. The zero-order chi connectivity index (χ0) is 23.8. The first-order chi connectivity index (χ1) is 17.1. The van der Waals surface area contributed by atoms with E-state index in [1.54, 1.807) is 10.9 Å². The Kier molecular flexibility index (Phi) is 5.30. The summed E-state index contributed by atoms with van der Waals surface area (Å²) in [6.07, 6.45) is 7.36. The zero-order valence-electron chi connectivity index (χ0n) is 18.9. The van der Waals surface area contributed by atoms with Gasteiger partial charge in [-0.25, -0.2) is 4.68 Å². The fourth-order valence-electron chi connectivity index (χ4n) is 4.47. The fourth-order valence-corrected chi connectivity index (χ4v) is 4.60. The lowest BCUT2D eigenvalue weighted by atomic mass is 10.0. The molecule has 1 N–H and O–H groups in total. The third kappa shape index (κ3) is 4.29. The van der Waals surface area contributed by atoms with Crippen molar-refractivity contribution in [1.29, 1.82) is 0 Å². The third-order valence-electron chi connectivity index (χ3n) is 6.57. The molecule has 0 saturated heterocycles. The highest BCUT2D eigenvalue weighted by Crippen LogP contribution is 2.46. The highest BCUT2D eigenvalue weighted by molar-refractivity contribution is 6.30. The Hall–Kier alpha value is -4.03. The Morgan fingerprint density at radius 2 is 1.83 bits per heavy atom. The van der Waals surface area contributed by atoms with Crippen LogP contribution in [-0.2, 0) is 12.1 Å². The molecule has 0 atom stereocenters. The Morgan fingerprint density at radius 3 is 2.66 bits per heavy atom. The average Bonchev–Trinajstić information content (AvgIpc) is 3.51. The standard InChI is InChI=1S/C28H22ClN5O/c29-24-9-7-23(8-10-24)28(12-13-28)31-27(35)25-4-2-1-3-22(25)17-34-18-26(32-33-34)20-5-6-21-16-30-14-11-19(21)15-20/h1-11,14-16,18H,12-13,17H2,(H,31,35). The van der Waals surface area contributed by atoms with E-state index in [2.05, 4.69) is 26.7 Å². The Balaban J connectivity index is 1.22. The van der Waals surface area contributed by atoms with Crippen LogP contribution >= 0.6 is 11.6 Å². The summed E-state index contributed by atoms with van der Waals surface area (Å²) >= 11 is 6.04. The van der Waals surface area contributed by atoms with Gasteiger partial charge in [0.25, 0.3) is 5.91 Å². The van der Waals surface area contributed by atoms with Crippen molar-refractivity contribution in [3.63, 3.8) is 0 Å². The van der Waals surface area contributed by atoms with Gasteiger partial charge < -0.3 is 5.32 Å². The molecule has 1 fully saturated rings. The normalized spacial score (nSPS) is 14.1. The van der Waals surface area contributed by atoms with E-state index in [4.69, 9.17) is 11.6 Å². The number of carbonyl (C=O) groups excluding carboxylic acids is 1. The van der Waals surface area contributed by atoms with Gasteiger partial charge in [0.2, 0.25) is 0 Å². The van der Waals surface area contributed by atoms with E-state index in [-0.39, 0.29) is 11.4 Å². The summed E-state index contributed by atoms with van der Waals surface area (Å²) in [5.41, 5.74) is 4.06. The van der Waals surface area contributed by atoms with Crippen LogP contribution in [0.5, 0.6) is 0 Å². The second-order valence-electron chi connectivity index (χ2n) is 8.94. The molecule has 1 saturated carbocycles. The monoisotopic (exact) mass is 479 g/mol. The third-order valence-corrected chi connectivity index (χ3v) is 6.82. The molecule has 6 nitrogen and oxygen atoms in total. The van der Waals surface area contributed by atoms with E-state index in [0.29, 0.717) is 17.1 Å². The Morgan fingerprint density at radius 1 is 1.00 bits per heavy atom. The van der Waals surface area contributed by atoms with Crippen LogP contribution in [0.2, 0.25) is 5.02 Å². The molecule has 35 heavy (non-hydrogen) atoms. The van der Waals surface area contributed by atoms with E-state index in [1.807, 2.05) is 79.1 Å². The van der Waals surface area contributed by atoms with E-state index in [0.717, 1.165) is 46.0 Å². The van der Waals surface area contributed by atoms with Gasteiger partial charge in [0.1, 0.15) is 5.69 Å². The smallest absolute Gasteiger partial charge is 0.252 e. The van der Waals surface area contributed by atoms with Crippen LogP contribution in [-0.4, -0.2) is 25.9 Å². The summed E-state index contributed by atoms with van der Waals surface area (Å²) in [6, 6.07) is 23.5. The van der Waals surface area contributed by atoms with Gasteiger partial charge >= 0.3 is 0 Å². The van der Waals surface area contributed by atoms with Gasteiger partial charge in [0.05, 0.1) is 18.3 Å². The van der Waals surface area contributed by atoms with Crippen molar-refractivity contribution in [2.24, 2.45) is 0 Å². The SMILES string of the molecule is O=C(NC1(c2ccc(Cl)cc2)CC1)c1ccccc1Cn1cc(-c2ccc3cnccc3c2)nn1. The number of hydrogen-bond acceptors (Lipinski definition) is 4. The topological polar surface area (TPSA) is 72.7 Å². The highest BCUT2D eigenvalue weighted by Gasteiger charge is 2.45. The second kappa shape index (κ2) is 8.64. The van der Waals surface area contributed by atoms with Crippen molar-refractivity contribution in [2.45, 2.75) is 24.9 Å². The fraction of sp³-hybridized carbons (Fsp3) is 0.143. The molecule has 7 heteroatoms. The molecule has 6 rings (SSSR count). The number of nitrogens with one attached hydrogen (secondary N) is 1. The molecule has 2 heterocycles. The number of fused-ring (bicyclic) bond motifs is 1. The van der Waals surface area contributed by atoms with Crippen LogP contribution < -0.4 is 5.32 Å². The van der Waals surface area contributed by atoms with E-state index >= 15 is 0 Å². The lowest BCUT2D eigenvalue weighted by Gasteiger charge is -2.19. The van der Waals surface area contributed by atoms with Gasteiger partial charge in [-0.05, 0) is 59.7 Å². The van der Waals surface area contributed by atoms with Crippen LogP contribution in [0, 0.1) is 0 Å². The summed E-state index contributed by atoms with van der Waals surface area (Å²) in [4.78, 5) is 17.5. The van der Waals surface area contributed by atoms with Crippen LogP contribution in [0.3, 0.4) is 0 Å². The maximum atomic E-state index is 13.3. The minimum absolute atomic E-state index is 0.0865. The molecule has 0 radical (unpaired) electrons. The summed E-state index contributed by atoms with van der Waals surface area (Å²) in [7, 11) is 0. The van der Waals surface area contributed by atoms with Gasteiger partial charge in [-0.15, -0.1) is 5.10 Å². The van der Waals surface area contributed by atoms with Gasteiger partial charge in [-0.2, -0.15) is 0 Å². The summed E-state index contributed by atoms with van der Waals surface area (Å²) in [6.45, 7) is 0.446. The lowest BCUT2D eigenvalue weighted by molar-refractivity contribution is 0.0929. The van der Waals surface area contributed by atoms with Crippen LogP contribution in [0.1, 0.15) is 34.3 Å². The molecule has 2 aromatic heterocycles. The molecule has 3 aromatic carbocycles. The minimum atomic E-state index is -0.319. The van der Waals surface area contributed by atoms with Crippen molar-refractivity contribution in [1.82, 2.24) is 25.3 Å². The molecular weight excluding hydrogens is 458 g/mol. The average molecular weight is 480 g/mol. The number of pyridine rings is 1. The Labute approximate surface area is 207 Å². The van der Waals surface area contributed by atoms with Crippen molar-refractivity contribution < 1.29 is 4.79 Å². The first kappa shape index (κ1) is 21.5. The van der Waals surface area contributed by atoms with Crippen molar-refractivity contribution in [2.75, 3.05) is 0 Å². The van der Waals surface area contributed by atoms with Crippen LogP contribution in [0.15, 0.2) is 91.4 Å². The quantitative estimate of drug-likeness (QED) is 0.343. The second-order valence-corrected chi connectivity index (χ2v) is 9.38. The van der Waals surface area contributed by atoms with Gasteiger partial charge in [-0.1, -0.05) is 59.3 Å². The molecule has 0 bridgehead atoms. The lowest BCUT2D eigenvalue weighted by Crippen LogP contribution is -2.35. The van der Waals surface area contributed by atoms with Gasteiger partial charge in [0.15, 0.2) is 0 Å². The molecule has 1 aliphatic carbocycles. The molecule has 1 amide bonds. The number of hydrogen-bond donors (Lipinski definition) is 1. The van der Waals surface area contributed by atoms with E-state index < -0.39 is 0 Å². The molecule has 172 valence electrons. The maximum absolute atomic E-state index is 13.3. The van der Waals surface area contributed by atoms with Gasteiger partial charge in [-0.3, -0.25) is 9.78 Å². The van der Waals surface area contributed by atoms with Gasteiger partial charge in [0, 0.05) is 33.9 Å². The van der Waals surface area contributed by atoms with Crippen LogP contribution in [0.25, 0.3) is 22.0 Å².